The second-order valence-electron chi connectivity index (χ2n) is 5.09. The number of aliphatic hydroxyl groups is 1. The second kappa shape index (κ2) is 6.00. The van der Waals surface area contributed by atoms with E-state index in [1.54, 1.807) is 6.07 Å². The summed E-state index contributed by atoms with van der Waals surface area (Å²) in [7, 11) is 0. The van der Waals surface area contributed by atoms with Gasteiger partial charge < -0.3 is 16.2 Å². The fraction of sp³-hybridized carbons (Fsp3) is 0.692. The summed E-state index contributed by atoms with van der Waals surface area (Å²) in [6.45, 7) is 2.97. The molecule has 1 saturated carbocycles. The Morgan fingerprint density at radius 2 is 2.06 bits per heavy atom. The van der Waals surface area contributed by atoms with Crippen molar-refractivity contribution in [2.24, 2.45) is 11.8 Å². The van der Waals surface area contributed by atoms with Gasteiger partial charge in [0.2, 0.25) is 0 Å². The predicted octanol–water partition coefficient (Wildman–Crippen LogP) is 1.58. The molecule has 1 aliphatic rings. The highest BCUT2D eigenvalue weighted by molar-refractivity contribution is 5.44. The fourth-order valence-electron chi connectivity index (χ4n) is 2.71. The monoisotopic (exact) mass is 250 g/mol. The van der Waals surface area contributed by atoms with Crippen molar-refractivity contribution in [2.45, 2.75) is 32.6 Å². The van der Waals surface area contributed by atoms with E-state index < -0.39 is 0 Å². The molecule has 0 saturated heterocycles. The van der Waals surface area contributed by atoms with Crippen LogP contribution in [0.3, 0.4) is 0 Å². The van der Waals surface area contributed by atoms with Crippen LogP contribution in [0.4, 0.5) is 11.6 Å². The molecule has 2 unspecified atom stereocenters. The zero-order valence-electron chi connectivity index (χ0n) is 10.9. The molecule has 4 N–H and O–H groups in total. The number of hydrogen-bond acceptors (Lipinski definition) is 5. The molecular formula is C13H22N4O. The topological polar surface area (TPSA) is 84.1 Å². The molecule has 0 aromatic carbocycles. The van der Waals surface area contributed by atoms with Crippen LogP contribution in [0.2, 0.25) is 0 Å². The van der Waals surface area contributed by atoms with Crippen LogP contribution >= 0.6 is 0 Å². The van der Waals surface area contributed by atoms with E-state index in [0.29, 0.717) is 23.5 Å². The lowest BCUT2D eigenvalue weighted by atomic mass is 9.79. The van der Waals surface area contributed by atoms with Crippen molar-refractivity contribution in [1.82, 2.24) is 9.97 Å². The Kier molecular flexibility index (Phi) is 4.36. The zero-order valence-corrected chi connectivity index (χ0v) is 10.9. The Morgan fingerprint density at radius 3 is 2.72 bits per heavy atom. The first kappa shape index (κ1) is 13.1. The van der Waals surface area contributed by atoms with Gasteiger partial charge in [-0.05, 0) is 31.6 Å². The Bertz CT molecular complexity index is 376. The maximum absolute atomic E-state index is 9.37. The lowest BCUT2D eigenvalue weighted by molar-refractivity contribution is 0.141. The molecule has 0 amide bonds. The highest BCUT2D eigenvalue weighted by Gasteiger charge is 2.24. The molecule has 0 aliphatic heterocycles. The predicted molar refractivity (Wildman–Crippen MR) is 72.2 cm³/mol. The summed E-state index contributed by atoms with van der Waals surface area (Å²) in [4.78, 5) is 8.35. The van der Waals surface area contributed by atoms with E-state index in [1.165, 1.54) is 19.3 Å². The van der Waals surface area contributed by atoms with E-state index in [9.17, 15) is 5.11 Å². The number of aryl methyl sites for hydroxylation is 1. The van der Waals surface area contributed by atoms with Crippen molar-refractivity contribution in [3.05, 3.63) is 11.9 Å². The molecule has 2 rings (SSSR count). The maximum Gasteiger partial charge on any atom is 0.131 e. The Balaban J connectivity index is 1.93. The molecule has 5 heteroatoms. The van der Waals surface area contributed by atoms with Crippen LogP contribution in [-0.2, 0) is 0 Å². The average Bonchev–Trinajstić information content (AvgIpc) is 2.35. The Hall–Kier alpha value is -1.36. The van der Waals surface area contributed by atoms with Crippen LogP contribution in [0.1, 0.15) is 31.5 Å². The lowest BCUT2D eigenvalue weighted by Crippen LogP contribution is -2.28. The van der Waals surface area contributed by atoms with Crippen molar-refractivity contribution in [3.63, 3.8) is 0 Å². The van der Waals surface area contributed by atoms with Crippen LogP contribution in [0.15, 0.2) is 6.07 Å². The molecule has 1 aromatic heterocycles. The van der Waals surface area contributed by atoms with Gasteiger partial charge in [0.25, 0.3) is 0 Å². The number of nitrogens with one attached hydrogen (secondary N) is 1. The standard InChI is InChI=1S/C13H22N4O/c1-9-16-12(14)6-13(17-9)15-7-10-4-2-3-5-11(10)8-18/h6,10-11,18H,2-5,7-8H2,1H3,(H3,14,15,16,17). The number of rotatable bonds is 4. The van der Waals surface area contributed by atoms with Crippen LogP contribution in [0.5, 0.6) is 0 Å². The third-order valence-electron chi connectivity index (χ3n) is 3.70. The average molecular weight is 250 g/mol. The number of hydrogen-bond donors (Lipinski definition) is 3. The van der Waals surface area contributed by atoms with Gasteiger partial charge in [0.05, 0.1) is 0 Å². The normalized spacial score (nSPS) is 23.9. The van der Waals surface area contributed by atoms with Gasteiger partial charge in [-0.3, -0.25) is 0 Å². The molecular weight excluding hydrogens is 228 g/mol. The molecule has 1 heterocycles. The van der Waals surface area contributed by atoms with E-state index in [1.807, 2.05) is 6.92 Å². The van der Waals surface area contributed by atoms with Gasteiger partial charge in [0.1, 0.15) is 17.5 Å². The number of anilines is 2. The molecule has 100 valence electrons. The quantitative estimate of drug-likeness (QED) is 0.755. The molecule has 1 aromatic rings. The minimum atomic E-state index is 0.289. The van der Waals surface area contributed by atoms with Gasteiger partial charge in [-0.2, -0.15) is 0 Å². The third-order valence-corrected chi connectivity index (χ3v) is 3.70. The van der Waals surface area contributed by atoms with Gasteiger partial charge in [0, 0.05) is 19.2 Å². The smallest absolute Gasteiger partial charge is 0.131 e. The Morgan fingerprint density at radius 1 is 1.33 bits per heavy atom. The second-order valence-corrected chi connectivity index (χ2v) is 5.09. The molecule has 1 aliphatic carbocycles. The van der Waals surface area contributed by atoms with Crippen LogP contribution in [0.25, 0.3) is 0 Å². The number of nitrogens with two attached hydrogens (primary N) is 1. The number of nitrogen functional groups attached to an aromatic ring is 1. The third kappa shape index (κ3) is 3.32. The summed E-state index contributed by atoms with van der Waals surface area (Å²) in [6.07, 6.45) is 4.81. The minimum absolute atomic E-state index is 0.289. The molecule has 5 nitrogen and oxygen atoms in total. The van der Waals surface area contributed by atoms with Gasteiger partial charge >= 0.3 is 0 Å². The summed E-state index contributed by atoms with van der Waals surface area (Å²) in [5, 5.41) is 12.7. The SMILES string of the molecule is Cc1nc(N)cc(NCC2CCCCC2CO)n1. The summed E-state index contributed by atoms with van der Waals surface area (Å²) in [5.74, 6) is 2.90. The number of aliphatic hydroxyl groups excluding tert-OH is 1. The van der Waals surface area contributed by atoms with E-state index in [2.05, 4.69) is 15.3 Å². The Labute approximate surface area is 108 Å². The zero-order chi connectivity index (χ0) is 13.0. The summed E-state index contributed by atoms with van der Waals surface area (Å²) in [5.41, 5.74) is 5.69. The van der Waals surface area contributed by atoms with Crippen LogP contribution < -0.4 is 11.1 Å². The first-order valence-corrected chi connectivity index (χ1v) is 6.65. The summed E-state index contributed by atoms with van der Waals surface area (Å²) < 4.78 is 0. The first-order chi connectivity index (χ1) is 8.69. The highest BCUT2D eigenvalue weighted by Crippen LogP contribution is 2.29. The van der Waals surface area contributed by atoms with Crippen molar-refractivity contribution in [3.8, 4) is 0 Å². The van der Waals surface area contributed by atoms with Gasteiger partial charge in [-0.1, -0.05) is 12.8 Å². The fourth-order valence-corrected chi connectivity index (χ4v) is 2.71. The summed E-state index contributed by atoms with van der Waals surface area (Å²) >= 11 is 0. The van der Waals surface area contributed by atoms with E-state index in [4.69, 9.17) is 5.73 Å². The highest BCUT2D eigenvalue weighted by atomic mass is 16.3. The molecule has 0 bridgehead atoms. The molecule has 1 fully saturated rings. The molecule has 0 radical (unpaired) electrons. The summed E-state index contributed by atoms with van der Waals surface area (Å²) in [6, 6.07) is 1.75. The van der Waals surface area contributed by atoms with Gasteiger partial charge in [-0.15, -0.1) is 0 Å². The lowest BCUT2D eigenvalue weighted by Gasteiger charge is -2.30. The van der Waals surface area contributed by atoms with Crippen molar-refractivity contribution < 1.29 is 5.11 Å². The first-order valence-electron chi connectivity index (χ1n) is 6.65. The maximum atomic E-state index is 9.37. The largest absolute Gasteiger partial charge is 0.396 e. The van der Waals surface area contributed by atoms with E-state index in [-0.39, 0.29) is 6.61 Å². The van der Waals surface area contributed by atoms with Gasteiger partial charge in [-0.25, -0.2) is 9.97 Å². The van der Waals surface area contributed by atoms with Crippen LogP contribution in [0, 0.1) is 18.8 Å². The van der Waals surface area contributed by atoms with Crippen molar-refractivity contribution >= 4 is 11.6 Å². The number of nitrogens with zero attached hydrogens (tertiary/aromatic N) is 2. The number of aromatic nitrogens is 2. The van der Waals surface area contributed by atoms with Crippen LogP contribution in [-0.4, -0.2) is 28.2 Å². The molecule has 0 spiro atoms. The molecule has 18 heavy (non-hydrogen) atoms. The molecule has 2 atom stereocenters. The van der Waals surface area contributed by atoms with E-state index in [0.717, 1.165) is 18.8 Å². The minimum Gasteiger partial charge on any atom is -0.396 e. The van der Waals surface area contributed by atoms with E-state index >= 15 is 0 Å². The van der Waals surface area contributed by atoms with Gasteiger partial charge in [0.15, 0.2) is 0 Å². The van der Waals surface area contributed by atoms with Crippen molar-refractivity contribution in [2.75, 3.05) is 24.2 Å². The van der Waals surface area contributed by atoms with Crippen molar-refractivity contribution in [1.29, 1.82) is 0 Å².